The van der Waals surface area contributed by atoms with Gasteiger partial charge in [-0.15, -0.1) is 0 Å². The fourth-order valence-electron chi connectivity index (χ4n) is 2.90. The number of carbonyl (C=O) groups excluding carboxylic acids is 1. The van der Waals surface area contributed by atoms with Crippen molar-refractivity contribution in [1.82, 2.24) is 14.9 Å². The molecule has 8 heteroatoms. The summed E-state index contributed by atoms with van der Waals surface area (Å²) >= 11 is 0. The van der Waals surface area contributed by atoms with Crippen molar-refractivity contribution >= 4 is 11.9 Å². The molecule has 0 saturated carbocycles. The van der Waals surface area contributed by atoms with Gasteiger partial charge in [0.15, 0.2) is 0 Å². The molecule has 2 heterocycles. The summed E-state index contributed by atoms with van der Waals surface area (Å²) in [7, 11) is 0. The van der Waals surface area contributed by atoms with E-state index < -0.39 is 11.6 Å². The van der Waals surface area contributed by atoms with E-state index in [1.807, 2.05) is 0 Å². The minimum absolute atomic E-state index is 0.0238. The minimum Gasteiger partial charge on any atom is -0.369 e. The number of rotatable bonds is 3. The molecular formula is C16H16F2N4O2. The molecule has 2 aromatic rings. The minimum atomic E-state index is -0.733. The number of carbonyl (C=O) groups is 1. The third-order valence-corrected chi connectivity index (χ3v) is 4.13. The van der Waals surface area contributed by atoms with Crippen LogP contribution in [0.15, 0.2) is 29.1 Å². The Kier molecular flexibility index (Phi) is 4.28. The summed E-state index contributed by atoms with van der Waals surface area (Å²) in [5.74, 6) is -1.93. The van der Waals surface area contributed by atoms with Crippen LogP contribution in [0.4, 0.5) is 14.7 Å². The van der Waals surface area contributed by atoms with Gasteiger partial charge in [-0.1, -0.05) is 6.07 Å². The van der Waals surface area contributed by atoms with Crippen molar-refractivity contribution in [3.8, 4) is 0 Å². The first-order valence-corrected chi connectivity index (χ1v) is 7.51. The highest BCUT2D eigenvalue weighted by Gasteiger charge is 2.29. The van der Waals surface area contributed by atoms with E-state index >= 15 is 0 Å². The van der Waals surface area contributed by atoms with E-state index in [2.05, 4.69) is 9.97 Å². The van der Waals surface area contributed by atoms with Crippen molar-refractivity contribution in [3.05, 3.63) is 57.5 Å². The molecule has 3 rings (SSSR count). The van der Waals surface area contributed by atoms with Crippen LogP contribution >= 0.6 is 0 Å². The van der Waals surface area contributed by atoms with Crippen LogP contribution in [-0.4, -0.2) is 33.9 Å². The normalized spacial score (nSPS) is 17.2. The molecule has 0 aliphatic carbocycles. The fraction of sp³-hybridized carbons (Fsp3) is 0.312. The number of aromatic nitrogens is 2. The van der Waals surface area contributed by atoms with Crippen molar-refractivity contribution in [2.45, 2.75) is 18.8 Å². The van der Waals surface area contributed by atoms with Crippen LogP contribution in [0.1, 0.15) is 23.6 Å². The summed E-state index contributed by atoms with van der Waals surface area (Å²) in [6, 6.07) is 4.86. The third-order valence-electron chi connectivity index (χ3n) is 4.13. The van der Waals surface area contributed by atoms with Crippen molar-refractivity contribution < 1.29 is 13.6 Å². The number of hydrogen-bond acceptors (Lipinski definition) is 4. The van der Waals surface area contributed by atoms with Crippen molar-refractivity contribution in [2.24, 2.45) is 0 Å². The molecule has 1 aromatic heterocycles. The van der Waals surface area contributed by atoms with E-state index in [4.69, 9.17) is 5.73 Å². The number of aromatic amines is 1. The van der Waals surface area contributed by atoms with Crippen LogP contribution in [0.2, 0.25) is 0 Å². The lowest BCUT2D eigenvalue weighted by molar-refractivity contribution is -0.129. The van der Waals surface area contributed by atoms with Gasteiger partial charge in [0, 0.05) is 30.6 Å². The molecule has 1 amide bonds. The molecule has 1 aromatic carbocycles. The van der Waals surface area contributed by atoms with E-state index in [0.717, 1.165) is 12.1 Å². The molecule has 6 nitrogen and oxygen atoms in total. The fourth-order valence-corrected chi connectivity index (χ4v) is 2.90. The monoisotopic (exact) mass is 334 g/mol. The maximum Gasteiger partial charge on any atom is 0.252 e. The van der Waals surface area contributed by atoms with Crippen LogP contribution in [-0.2, 0) is 11.2 Å². The Morgan fingerprint density at radius 2 is 2.08 bits per heavy atom. The molecule has 1 aliphatic heterocycles. The quantitative estimate of drug-likeness (QED) is 0.882. The van der Waals surface area contributed by atoms with E-state index in [0.29, 0.717) is 25.2 Å². The average Bonchev–Trinajstić information content (AvgIpc) is 3.00. The second-order valence-electron chi connectivity index (χ2n) is 5.76. The van der Waals surface area contributed by atoms with Crippen molar-refractivity contribution in [2.75, 3.05) is 18.8 Å². The van der Waals surface area contributed by atoms with Gasteiger partial charge in [0.1, 0.15) is 11.6 Å². The molecule has 24 heavy (non-hydrogen) atoms. The number of anilines is 1. The Labute approximate surface area is 136 Å². The number of hydrogen-bond donors (Lipinski definition) is 2. The maximum atomic E-state index is 13.7. The zero-order valence-corrected chi connectivity index (χ0v) is 12.8. The van der Waals surface area contributed by atoms with Crippen molar-refractivity contribution in [3.63, 3.8) is 0 Å². The Morgan fingerprint density at radius 3 is 2.75 bits per heavy atom. The van der Waals surface area contributed by atoms with Crippen LogP contribution < -0.4 is 11.3 Å². The van der Waals surface area contributed by atoms with Crippen molar-refractivity contribution in [1.29, 1.82) is 0 Å². The van der Waals surface area contributed by atoms with Crippen LogP contribution in [0.25, 0.3) is 0 Å². The number of halogens is 2. The van der Waals surface area contributed by atoms with Crippen LogP contribution in [0.3, 0.4) is 0 Å². The predicted molar refractivity (Wildman–Crippen MR) is 83.3 cm³/mol. The highest BCUT2D eigenvalue weighted by atomic mass is 19.1. The highest BCUT2D eigenvalue weighted by molar-refractivity contribution is 5.79. The molecule has 1 aliphatic rings. The van der Waals surface area contributed by atoms with Gasteiger partial charge in [-0.2, -0.15) is 0 Å². The second-order valence-corrected chi connectivity index (χ2v) is 5.76. The first-order chi connectivity index (χ1) is 11.4. The number of nitrogens with one attached hydrogen (secondary N) is 1. The largest absolute Gasteiger partial charge is 0.369 e. The van der Waals surface area contributed by atoms with Gasteiger partial charge < -0.3 is 10.6 Å². The first-order valence-electron chi connectivity index (χ1n) is 7.51. The SMILES string of the molecule is Nc1nc(C2CCN(C(=O)Cc3c(F)cccc3F)C2)cc(=O)[nH]1. The molecular weight excluding hydrogens is 318 g/mol. The van der Waals surface area contributed by atoms with Gasteiger partial charge >= 0.3 is 0 Å². The molecule has 0 spiro atoms. The van der Waals surface area contributed by atoms with E-state index in [9.17, 15) is 18.4 Å². The van der Waals surface area contributed by atoms with Crippen LogP contribution in [0.5, 0.6) is 0 Å². The molecule has 1 saturated heterocycles. The van der Waals surface area contributed by atoms with E-state index in [-0.39, 0.29) is 35.3 Å². The summed E-state index contributed by atoms with van der Waals surface area (Å²) in [4.78, 5) is 31.7. The molecule has 0 radical (unpaired) electrons. The number of nitrogen functional groups attached to an aromatic ring is 1. The number of amides is 1. The lowest BCUT2D eigenvalue weighted by Gasteiger charge is -2.17. The Balaban J connectivity index is 1.71. The van der Waals surface area contributed by atoms with Gasteiger partial charge in [-0.05, 0) is 18.6 Å². The molecule has 1 fully saturated rings. The summed E-state index contributed by atoms with van der Waals surface area (Å²) in [6.07, 6.45) is 0.275. The summed E-state index contributed by atoms with van der Waals surface area (Å²) in [5, 5.41) is 0. The van der Waals surface area contributed by atoms with Crippen LogP contribution in [0, 0.1) is 11.6 Å². The second kappa shape index (κ2) is 6.38. The zero-order chi connectivity index (χ0) is 17.3. The summed E-state index contributed by atoms with van der Waals surface area (Å²) in [6.45, 7) is 0.777. The third kappa shape index (κ3) is 3.27. The topological polar surface area (TPSA) is 92.1 Å². The smallest absolute Gasteiger partial charge is 0.252 e. The Bertz CT molecular complexity index is 817. The summed E-state index contributed by atoms with van der Waals surface area (Å²) in [5.41, 5.74) is 5.46. The molecule has 3 N–H and O–H groups in total. The van der Waals surface area contributed by atoms with E-state index in [1.165, 1.54) is 17.0 Å². The number of H-pyrrole nitrogens is 1. The van der Waals surface area contributed by atoms with Gasteiger partial charge in [0.2, 0.25) is 11.9 Å². The number of likely N-dealkylation sites (tertiary alicyclic amines) is 1. The Hall–Kier alpha value is -2.77. The van der Waals surface area contributed by atoms with Gasteiger partial charge in [-0.3, -0.25) is 14.6 Å². The zero-order valence-electron chi connectivity index (χ0n) is 12.8. The lowest BCUT2D eigenvalue weighted by Crippen LogP contribution is -2.30. The predicted octanol–water partition coefficient (Wildman–Crippen LogP) is 1.19. The molecule has 126 valence electrons. The van der Waals surface area contributed by atoms with Gasteiger partial charge in [-0.25, -0.2) is 13.8 Å². The summed E-state index contributed by atoms with van der Waals surface area (Å²) < 4.78 is 27.3. The molecule has 0 bridgehead atoms. The highest BCUT2D eigenvalue weighted by Crippen LogP contribution is 2.26. The number of benzene rings is 1. The molecule has 1 unspecified atom stereocenters. The maximum absolute atomic E-state index is 13.7. The van der Waals surface area contributed by atoms with Gasteiger partial charge in [0.25, 0.3) is 5.56 Å². The first kappa shape index (κ1) is 16.1. The number of nitrogens with two attached hydrogens (primary N) is 1. The lowest BCUT2D eigenvalue weighted by atomic mass is 10.0. The van der Waals surface area contributed by atoms with Gasteiger partial charge in [0.05, 0.1) is 12.1 Å². The average molecular weight is 334 g/mol. The standard InChI is InChI=1S/C16H16F2N4O2/c17-11-2-1-3-12(18)10(11)6-15(24)22-5-4-9(8-22)13-7-14(23)21-16(19)20-13/h1-3,7,9H,4-6,8H2,(H3,19,20,21,23). The Morgan fingerprint density at radius 1 is 1.38 bits per heavy atom. The van der Waals surface area contributed by atoms with E-state index in [1.54, 1.807) is 0 Å². The molecule has 1 atom stereocenters. The number of nitrogens with zero attached hydrogens (tertiary/aromatic N) is 2.